The van der Waals surface area contributed by atoms with Crippen molar-refractivity contribution >= 4 is 0 Å². The number of nitrogens with zero attached hydrogens (tertiary/aromatic N) is 6. The lowest BCUT2D eigenvalue weighted by Gasteiger charge is -2.10. The third kappa shape index (κ3) is 3.61. The normalized spacial score (nSPS) is 11.4. The monoisotopic (exact) mass is 279 g/mol. The van der Waals surface area contributed by atoms with E-state index in [-0.39, 0.29) is 6.04 Å². The second-order valence-electron chi connectivity index (χ2n) is 4.72. The number of methoxy groups -OCH3 is 1. The van der Waals surface area contributed by atoms with E-state index in [0.29, 0.717) is 19.7 Å². The van der Waals surface area contributed by atoms with Gasteiger partial charge in [-0.05, 0) is 13.8 Å². The van der Waals surface area contributed by atoms with E-state index in [9.17, 15) is 0 Å². The van der Waals surface area contributed by atoms with Crippen LogP contribution in [0.1, 0.15) is 31.5 Å². The van der Waals surface area contributed by atoms with Gasteiger partial charge in [0.15, 0.2) is 0 Å². The molecule has 1 N–H and O–H groups in total. The summed E-state index contributed by atoms with van der Waals surface area (Å²) < 4.78 is 8.72. The molecular formula is C12H21N7O. The van der Waals surface area contributed by atoms with Crippen LogP contribution >= 0.6 is 0 Å². The molecule has 0 aliphatic carbocycles. The summed E-state index contributed by atoms with van der Waals surface area (Å²) in [6, 6.07) is 0.277. The zero-order chi connectivity index (χ0) is 14.4. The Hall–Kier alpha value is -1.80. The summed E-state index contributed by atoms with van der Waals surface area (Å²) in [5.74, 6) is 1.75. The fourth-order valence-electron chi connectivity index (χ4n) is 1.88. The highest BCUT2D eigenvalue weighted by atomic mass is 16.5. The maximum absolute atomic E-state index is 4.99. The van der Waals surface area contributed by atoms with Crippen molar-refractivity contribution in [1.82, 2.24) is 34.8 Å². The molecule has 110 valence electrons. The van der Waals surface area contributed by atoms with Gasteiger partial charge in [-0.2, -0.15) is 10.2 Å². The van der Waals surface area contributed by atoms with Crippen molar-refractivity contribution in [1.29, 1.82) is 0 Å². The molecule has 0 spiro atoms. The number of nitrogens with one attached hydrogen (secondary N) is 1. The van der Waals surface area contributed by atoms with E-state index in [1.165, 1.54) is 0 Å². The van der Waals surface area contributed by atoms with Crippen LogP contribution in [0.5, 0.6) is 0 Å². The molecule has 8 nitrogen and oxygen atoms in total. The lowest BCUT2D eigenvalue weighted by molar-refractivity contribution is 0.198. The van der Waals surface area contributed by atoms with Crippen LogP contribution in [-0.4, -0.2) is 49.8 Å². The van der Waals surface area contributed by atoms with Gasteiger partial charge >= 0.3 is 0 Å². The van der Waals surface area contributed by atoms with E-state index in [4.69, 9.17) is 4.74 Å². The first kappa shape index (κ1) is 14.6. The summed E-state index contributed by atoms with van der Waals surface area (Å²) in [6.45, 7) is 6.83. The van der Waals surface area contributed by atoms with Crippen molar-refractivity contribution in [2.24, 2.45) is 0 Å². The van der Waals surface area contributed by atoms with Gasteiger partial charge < -0.3 is 10.1 Å². The Labute approximate surface area is 118 Å². The Bertz CT molecular complexity index is 519. The summed E-state index contributed by atoms with van der Waals surface area (Å²) >= 11 is 0. The van der Waals surface area contributed by atoms with Crippen LogP contribution in [0, 0.1) is 0 Å². The number of hydrogen-bond donors (Lipinski definition) is 1. The minimum Gasteiger partial charge on any atom is -0.383 e. The molecule has 0 atom stereocenters. The summed E-state index contributed by atoms with van der Waals surface area (Å²) in [5, 5.41) is 11.7. The first-order chi connectivity index (χ1) is 9.72. The Kier molecular flexibility index (Phi) is 5.19. The van der Waals surface area contributed by atoms with Crippen molar-refractivity contribution in [2.45, 2.75) is 33.0 Å². The SMILES string of the molecule is COCCNCc1ncnn1Cc1ncnn1C(C)C. The highest BCUT2D eigenvalue weighted by Gasteiger charge is 2.11. The van der Waals surface area contributed by atoms with Crippen molar-refractivity contribution < 1.29 is 4.74 Å². The molecule has 0 radical (unpaired) electrons. The predicted molar refractivity (Wildman–Crippen MR) is 73.1 cm³/mol. The fraction of sp³-hybridized carbons (Fsp3) is 0.667. The Morgan fingerprint density at radius 3 is 2.70 bits per heavy atom. The number of ether oxygens (including phenoxy) is 1. The molecular weight excluding hydrogens is 258 g/mol. The van der Waals surface area contributed by atoms with Crippen molar-refractivity contribution in [2.75, 3.05) is 20.3 Å². The standard InChI is InChI=1S/C12H21N7O/c1-10(2)19-12(15-9-17-19)7-18-11(14-8-16-18)6-13-4-5-20-3/h8-10,13H,4-7H2,1-3H3. The lowest BCUT2D eigenvalue weighted by Crippen LogP contribution is -2.22. The van der Waals surface area contributed by atoms with Gasteiger partial charge in [0.25, 0.3) is 0 Å². The van der Waals surface area contributed by atoms with E-state index < -0.39 is 0 Å². The largest absolute Gasteiger partial charge is 0.383 e. The average molecular weight is 279 g/mol. The summed E-state index contributed by atoms with van der Waals surface area (Å²) in [5.41, 5.74) is 0. The Morgan fingerprint density at radius 1 is 1.20 bits per heavy atom. The molecule has 20 heavy (non-hydrogen) atoms. The van der Waals surface area contributed by atoms with Crippen molar-refractivity contribution in [3.8, 4) is 0 Å². The Morgan fingerprint density at radius 2 is 1.95 bits per heavy atom. The summed E-state index contributed by atoms with van der Waals surface area (Å²) in [4.78, 5) is 8.55. The molecule has 2 heterocycles. The molecule has 2 rings (SSSR count). The molecule has 8 heteroatoms. The smallest absolute Gasteiger partial charge is 0.148 e. The van der Waals surface area contributed by atoms with Crippen LogP contribution in [-0.2, 0) is 17.8 Å². The zero-order valence-electron chi connectivity index (χ0n) is 12.2. The molecule has 0 fully saturated rings. The van der Waals surface area contributed by atoms with Gasteiger partial charge in [0.2, 0.25) is 0 Å². The van der Waals surface area contributed by atoms with Gasteiger partial charge in [0, 0.05) is 19.7 Å². The molecule has 0 aliphatic rings. The van der Waals surface area contributed by atoms with Crippen LogP contribution in [0.4, 0.5) is 0 Å². The highest BCUT2D eigenvalue weighted by molar-refractivity contribution is 4.92. The Balaban J connectivity index is 1.99. The van der Waals surface area contributed by atoms with Gasteiger partial charge in [0.1, 0.15) is 30.8 Å². The molecule has 0 saturated heterocycles. The van der Waals surface area contributed by atoms with E-state index in [1.807, 2.05) is 9.36 Å². The minimum absolute atomic E-state index is 0.277. The van der Waals surface area contributed by atoms with E-state index in [1.54, 1.807) is 19.8 Å². The number of rotatable bonds is 8. The third-order valence-electron chi connectivity index (χ3n) is 2.89. The molecule has 0 aliphatic heterocycles. The second kappa shape index (κ2) is 7.11. The van der Waals surface area contributed by atoms with Gasteiger partial charge in [-0.25, -0.2) is 19.3 Å². The molecule has 2 aromatic rings. The van der Waals surface area contributed by atoms with E-state index in [2.05, 4.69) is 39.3 Å². The third-order valence-corrected chi connectivity index (χ3v) is 2.89. The molecule has 0 amide bonds. The maximum Gasteiger partial charge on any atom is 0.148 e. The molecule has 2 aromatic heterocycles. The van der Waals surface area contributed by atoms with Gasteiger partial charge in [0.05, 0.1) is 13.2 Å². The molecule has 0 bridgehead atoms. The highest BCUT2D eigenvalue weighted by Crippen LogP contribution is 2.07. The van der Waals surface area contributed by atoms with Crippen LogP contribution in [0.15, 0.2) is 12.7 Å². The summed E-state index contributed by atoms with van der Waals surface area (Å²) in [7, 11) is 1.68. The maximum atomic E-state index is 4.99. The predicted octanol–water partition coefficient (Wildman–Crippen LogP) is 0.235. The van der Waals surface area contributed by atoms with Gasteiger partial charge in [-0.1, -0.05) is 0 Å². The van der Waals surface area contributed by atoms with Crippen LogP contribution in [0.2, 0.25) is 0 Å². The molecule has 0 unspecified atom stereocenters. The molecule has 0 aromatic carbocycles. The molecule has 0 saturated carbocycles. The van der Waals surface area contributed by atoms with Crippen molar-refractivity contribution in [3.05, 3.63) is 24.3 Å². The quantitative estimate of drug-likeness (QED) is 0.697. The second-order valence-corrected chi connectivity index (χ2v) is 4.72. The minimum atomic E-state index is 0.277. The number of aromatic nitrogens is 6. The summed E-state index contributed by atoms with van der Waals surface area (Å²) in [6.07, 6.45) is 3.13. The van der Waals surface area contributed by atoms with Crippen LogP contribution < -0.4 is 5.32 Å². The number of hydrogen-bond acceptors (Lipinski definition) is 6. The topological polar surface area (TPSA) is 82.7 Å². The average Bonchev–Trinajstić information content (AvgIpc) is 3.05. The van der Waals surface area contributed by atoms with Gasteiger partial charge in [-0.3, -0.25) is 0 Å². The van der Waals surface area contributed by atoms with Crippen LogP contribution in [0.3, 0.4) is 0 Å². The first-order valence-corrected chi connectivity index (χ1v) is 6.67. The zero-order valence-corrected chi connectivity index (χ0v) is 12.2. The van der Waals surface area contributed by atoms with E-state index in [0.717, 1.165) is 18.2 Å². The fourth-order valence-corrected chi connectivity index (χ4v) is 1.88. The van der Waals surface area contributed by atoms with E-state index >= 15 is 0 Å². The first-order valence-electron chi connectivity index (χ1n) is 6.67. The van der Waals surface area contributed by atoms with Crippen LogP contribution in [0.25, 0.3) is 0 Å². The lowest BCUT2D eigenvalue weighted by atomic mass is 10.4. The van der Waals surface area contributed by atoms with Crippen molar-refractivity contribution in [3.63, 3.8) is 0 Å². The van der Waals surface area contributed by atoms with Gasteiger partial charge in [-0.15, -0.1) is 0 Å².